The van der Waals surface area contributed by atoms with Gasteiger partial charge in [0, 0.05) is 34.7 Å². The van der Waals surface area contributed by atoms with E-state index >= 15 is 0 Å². The van der Waals surface area contributed by atoms with Gasteiger partial charge in [-0.15, -0.1) is 0 Å². The molecule has 1 aromatic carbocycles. The summed E-state index contributed by atoms with van der Waals surface area (Å²) in [6.07, 6.45) is 0. The third kappa shape index (κ3) is 3.48. The molecule has 0 heterocycles. The summed E-state index contributed by atoms with van der Waals surface area (Å²) in [6, 6.07) is 7.97. The van der Waals surface area contributed by atoms with Gasteiger partial charge in [-0.25, -0.2) is 0 Å². The largest absolute Gasteiger partial charge is 0.528 e. The maximum absolute atomic E-state index is 8.74. The van der Waals surface area contributed by atoms with Crippen molar-refractivity contribution >= 4 is 43.5 Å². The van der Waals surface area contributed by atoms with E-state index in [-0.39, 0.29) is 34.7 Å². The number of hydrogen-bond donors (Lipinski definition) is 3. The van der Waals surface area contributed by atoms with Gasteiger partial charge in [0.25, 0.3) is 0 Å². The second kappa shape index (κ2) is 4.37. The number of benzene rings is 1. The normalized spacial score (nSPS) is 10.5. The minimum atomic E-state index is -4.03. The Kier molecular flexibility index (Phi) is 4.49. The molecular weight excluding hydrogens is 171 g/mol. The van der Waals surface area contributed by atoms with Gasteiger partial charge in [0.2, 0.25) is 0 Å². The van der Waals surface area contributed by atoms with E-state index in [9.17, 15) is 0 Å². The summed E-state index contributed by atoms with van der Waals surface area (Å²) < 4.78 is 0. The van der Waals surface area contributed by atoms with Crippen LogP contribution in [0.25, 0.3) is 0 Å². The average Bonchev–Trinajstić information content (AvgIpc) is 1.88. The number of hydrogen-bond acceptors (Lipinski definition) is 3. The monoisotopic (exact) mass is 179 g/mol. The average molecular weight is 179 g/mol. The van der Waals surface area contributed by atoms with E-state index in [0.29, 0.717) is 0 Å². The molecule has 0 amide bonds. The smallest absolute Gasteiger partial charge is 0.386 e. The van der Waals surface area contributed by atoms with Crippen LogP contribution in [0.3, 0.4) is 0 Å². The van der Waals surface area contributed by atoms with E-state index in [0.717, 1.165) is 0 Å². The molecule has 0 fully saturated rings. The van der Waals surface area contributed by atoms with Crippen molar-refractivity contribution in [3.8, 4) is 0 Å². The molecule has 1 rings (SSSR count). The van der Waals surface area contributed by atoms with Crippen LogP contribution >= 0.6 is 0 Å². The van der Waals surface area contributed by atoms with E-state index in [1.54, 1.807) is 18.2 Å². The molecule has 0 aliphatic heterocycles. The van der Waals surface area contributed by atoms with Gasteiger partial charge in [0.05, 0.1) is 0 Å². The fourth-order valence-corrected chi connectivity index (χ4v) is 1.30. The predicted molar refractivity (Wildman–Crippen MR) is 44.2 cm³/mol. The van der Waals surface area contributed by atoms with Crippen LogP contribution in [0.4, 0.5) is 0 Å². The van der Waals surface area contributed by atoms with Gasteiger partial charge in [-0.1, -0.05) is 30.3 Å². The molecule has 0 bridgehead atoms. The van der Waals surface area contributed by atoms with Crippen LogP contribution < -0.4 is 5.19 Å². The molecule has 0 spiro atoms. The summed E-state index contributed by atoms with van der Waals surface area (Å²) in [5.74, 6) is 0. The molecule has 3 nitrogen and oxygen atoms in total. The Labute approximate surface area is 88.0 Å². The molecule has 0 saturated carbocycles. The van der Waals surface area contributed by atoms with Gasteiger partial charge in [-0.2, -0.15) is 0 Å². The van der Waals surface area contributed by atoms with Gasteiger partial charge in [-0.3, -0.25) is 0 Å². The Bertz CT molecular complexity index is 209. The molecule has 0 aliphatic carbocycles. The third-order valence-corrected chi connectivity index (χ3v) is 2.27. The van der Waals surface area contributed by atoms with Crippen molar-refractivity contribution in [1.29, 1.82) is 0 Å². The van der Waals surface area contributed by atoms with E-state index in [4.69, 9.17) is 14.4 Å². The van der Waals surface area contributed by atoms with Crippen LogP contribution in [0.1, 0.15) is 0 Å². The van der Waals surface area contributed by atoms with Gasteiger partial charge in [0.15, 0.2) is 0 Å². The van der Waals surface area contributed by atoms with Crippen LogP contribution in [0, 0.1) is 0 Å². The quantitative estimate of drug-likeness (QED) is 0.456. The third-order valence-electron chi connectivity index (χ3n) is 1.16. The molecule has 0 aromatic heterocycles. The standard InChI is InChI=1S/C6H8O3Si.Na/c7-10(8,9)6-4-2-1-3-5-6;/h1-5,7-9H;. The second-order valence-corrected chi connectivity index (χ2v) is 3.85. The van der Waals surface area contributed by atoms with Crippen LogP contribution in [0.5, 0.6) is 0 Å². The first kappa shape index (κ1) is 11.3. The topological polar surface area (TPSA) is 60.7 Å². The maximum atomic E-state index is 8.74. The van der Waals surface area contributed by atoms with Crippen molar-refractivity contribution in [3.63, 3.8) is 0 Å². The predicted octanol–water partition coefficient (Wildman–Crippen LogP) is -1.57. The van der Waals surface area contributed by atoms with Gasteiger partial charge >= 0.3 is 8.80 Å². The second-order valence-electron chi connectivity index (χ2n) is 2.00. The SMILES string of the molecule is O[Si](O)(O)c1ccccc1.[Na]. The van der Waals surface area contributed by atoms with Crippen LogP contribution in [-0.4, -0.2) is 52.7 Å². The molecule has 1 aromatic rings. The number of rotatable bonds is 1. The summed E-state index contributed by atoms with van der Waals surface area (Å²) in [5.41, 5.74) is 0. The van der Waals surface area contributed by atoms with Crippen LogP contribution in [0.15, 0.2) is 30.3 Å². The van der Waals surface area contributed by atoms with Gasteiger partial charge in [-0.05, 0) is 0 Å². The molecule has 0 aliphatic rings. The first-order valence-electron chi connectivity index (χ1n) is 2.83. The Morgan fingerprint density at radius 3 is 1.64 bits per heavy atom. The van der Waals surface area contributed by atoms with Crippen molar-refractivity contribution in [2.45, 2.75) is 0 Å². The van der Waals surface area contributed by atoms with E-state index < -0.39 is 8.80 Å². The summed E-state index contributed by atoms with van der Waals surface area (Å²) in [5, 5.41) is 0.204. The molecular formula is C6H8NaO3Si. The summed E-state index contributed by atoms with van der Waals surface area (Å²) in [4.78, 5) is 26.2. The Morgan fingerprint density at radius 1 is 0.909 bits per heavy atom. The minimum Gasteiger partial charge on any atom is -0.386 e. The van der Waals surface area contributed by atoms with Crippen molar-refractivity contribution in [2.24, 2.45) is 0 Å². The van der Waals surface area contributed by atoms with Crippen molar-refractivity contribution in [2.75, 3.05) is 0 Å². The van der Waals surface area contributed by atoms with Crippen molar-refractivity contribution in [1.82, 2.24) is 0 Å². The Hall–Kier alpha value is 0.317. The molecule has 3 N–H and O–H groups in total. The minimum absolute atomic E-state index is 0. The molecule has 55 valence electrons. The molecule has 0 saturated heterocycles. The first-order chi connectivity index (χ1) is 4.61. The Balaban J connectivity index is 0.000001000. The molecule has 0 atom stereocenters. The van der Waals surface area contributed by atoms with Crippen LogP contribution in [-0.2, 0) is 0 Å². The maximum Gasteiger partial charge on any atom is 0.528 e. The molecule has 1 radical (unpaired) electrons. The van der Waals surface area contributed by atoms with Gasteiger partial charge in [0.1, 0.15) is 0 Å². The summed E-state index contributed by atoms with van der Waals surface area (Å²) in [7, 11) is -4.03. The van der Waals surface area contributed by atoms with Crippen LogP contribution in [0.2, 0.25) is 0 Å². The Morgan fingerprint density at radius 2 is 1.36 bits per heavy atom. The zero-order chi connectivity index (χ0) is 7.61. The molecule has 0 unspecified atom stereocenters. The van der Waals surface area contributed by atoms with Gasteiger partial charge < -0.3 is 14.4 Å². The summed E-state index contributed by atoms with van der Waals surface area (Å²) >= 11 is 0. The van der Waals surface area contributed by atoms with Crippen molar-refractivity contribution in [3.05, 3.63) is 30.3 Å². The zero-order valence-corrected chi connectivity index (χ0v) is 9.23. The zero-order valence-electron chi connectivity index (χ0n) is 6.23. The molecule has 5 heteroatoms. The summed E-state index contributed by atoms with van der Waals surface area (Å²) in [6.45, 7) is 0. The first-order valence-corrected chi connectivity index (χ1v) is 4.67. The fourth-order valence-electron chi connectivity index (χ4n) is 0.662. The molecule has 11 heavy (non-hydrogen) atoms. The van der Waals surface area contributed by atoms with E-state index in [1.807, 2.05) is 0 Å². The van der Waals surface area contributed by atoms with E-state index in [2.05, 4.69) is 0 Å². The van der Waals surface area contributed by atoms with E-state index in [1.165, 1.54) is 12.1 Å². The fraction of sp³-hybridized carbons (Fsp3) is 0. The van der Waals surface area contributed by atoms with Crippen molar-refractivity contribution < 1.29 is 14.4 Å².